The molecule has 1 N–H and O–H groups in total. The molecule has 1 saturated heterocycles. The lowest BCUT2D eigenvalue weighted by Gasteiger charge is -2.30. The summed E-state index contributed by atoms with van der Waals surface area (Å²) in [6, 6.07) is 7.41. The second-order valence-corrected chi connectivity index (χ2v) is 6.58. The number of carbonyl (C=O) groups excluding carboxylic acids is 1. The van der Waals surface area contributed by atoms with E-state index in [-0.39, 0.29) is 11.7 Å². The van der Waals surface area contributed by atoms with Crippen molar-refractivity contribution in [3.8, 4) is 0 Å². The Labute approximate surface area is 135 Å². The number of carboxylic acids is 1. The average molecular weight is 374 g/mol. The summed E-state index contributed by atoms with van der Waals surface area (Å²) in [6.07, 6.45) is 0. The standard InChI is InChI=1S/C14H16BrNO4S/c15-11-3-1-10(2-4-11)13(21-9-12(17)18)14(19)16-5-7-20-8-6-16/h1-4,13H,5-9H2,(H,17,18). The van der Waals surface area contributed by atoms with Crippen molar-refractivity contribution in [2.75, 3.05) is 32.1 Å². The van der Waals surface area contributed by atoms with Crippen LogP contribution >= 0.6 is 27.7 Å². The maximum atomic E-state index is 12.6. The van der Waals surface area contributed by atoms with Gasteiger partial charge >= 0.3 is 5.97 Å². The first-order valence-electron chi connectivity index (χ1n) is 6.53. The van der Waals surface area contributed by atoms with E-state index in [1.54, 1.807) is 4.90 Å². The molecule has 114 valence electrons. The minimum Gasteiger partial charge on any atom is -0.481 e. The maximum Gasteiger partial charge on any atom is 0.313 e. The van der Waals surface area contributed by atoms with Crippen molar-refractivity contribution in [3.63, 3.8) is 0 Å². The number of morpholine rings is 1. The number of carbonyl (C=O) groups is 2. The molecule has 1 fully saturated rings. The molecular formula is C14H16BrNO4S. The largest absolute Gasteiger partial charge is 0.481 e. The molecule has 5 nitrogen and oxygen atoms in total. The molecule has 2 rings (SSSR count). The van der Waals surface area contributed by atoms with Gasteiger partial charge in [0.15, 0.2) is 0 Å². The fourth-order valence-electron chi connectivity index (χ4n) is 2.05. The summed E-state index contributed by atoms with van der Waals surface area (Å²) in [5, 5.41) is 8.38. The zero-order chi connectivity index (χ0) is 15.2. The molecule has 1 unspecified atom stereocenters. The predicted molar refractivity (Wildman–Crippen MR) is 84.4 cm³/mol. The monoisotopic (exact) mass is 373 g/mol. The van der Waals surface area contributed by atoms with Crippen LogP contribution in [0.4, 0.5) is 0 Å². The normalized spacial score (nSPS) is 16.5. The molecule has 1 aromatic rings. The maximum absolute atomic E-state index is 12.6. The molecule has 1 aliphatic rings. The number of nitrogens with zero attached hydrogens (tertiary/aromatic N) is 1. The van der Waals surface area contributed by atoms with Crippen LogP contribution in [0.25, 0.3) is 0 Å². The molecule has 1 aromatic carbocycles. The lowest BCUT2D eigenvalue weighted by atomic mass is 10.1. The Kier molecular flexibility index (Phi) is 6.08. The Morgan fingerprint density at radius 1 is 1.29 bits per heavy atom. The molecule has 7 heteroatoms. The molecule has 1 amide bonds. The predicted octanol–water partition coefficient (Wildman–Crippen LogP) is 2.17. The van der Waals surface area contributed by atoms with Crippen molar-refractivity contribution in [3.05, 3.63) is 34.3 Å². The Morgan fingerprint density at radius 2 is 1.90 bits per heavy atom. The summed E-state index contributed by atoms with van der Waals surface area (Å²) >= 11 is 4.50. The lowest BCUT2D eigenvalue weighted by Crippen LogP contribution is -2.42. The van der Waals surface area contributed by atoms with Gasteiger partial charge in [-0.15, -0.1) is 11.8 Å². The first-order chi connectivity index (χ1) is 10.1. The molecule has 0 saturated carbocycles. The third-order valence-corrected chi connectivity index (χ3v) is 4.84. The van der Waals surface area contributed by atoms with E-state index in [1.165, 1.54) is 0 Å². The van der Waals surface area contributed by atoms with Crippen LogP contribution in [0.5, 0.6) is 0 Å². The van der Waals surface area contributed by atoms with Crippen molar-refractivity contribution >= 4 is 39.6 Å². The second kappa shape index (κ2) is 7.82. The summed E-state index contributed by atoms with van der Waals surface area (Å²) < 4.78 is 6.17. The van der Waals surface area contributed by atoms with Crippen molar-refractivity contribution in [1.29, 1.82) is 0 Å². The molecule has 1 atom stereocenters. The number of carboxylic acid groups (broad SMARTS) is 1. The van der Waals surface area contributed by atoms with E-state index in [0.29, 0.717) is 26.3 Å². The highest BCUT2D eigenvalue weighted by atomic mass is 79.9. The van der Waals surface area contributed by atoms with Crippen LogP contribution in [0, 0.1) is 0 Å². The van der Waals surface area contributed by atoms with Gasteiger partial charge in [-0.1, -0.05) is 28.1 Å². The minimum absolute atomic E-state index is 0.0492. The molecule has 0 radical (unpaired) electrons. The molecule has 21 heavy (non-hydrogen) atoms. The lowest BCUT2D eigenvalue weighted by molar-refractivity contribution is -0.134. The van der Waals surface area contributed by atoms with Crippen LogP contribution in [0.15, 0.2) is 28.7 Å². The van der Waals surface area contributed by atoms with Crippen LogP contribution in [-0.2, 0) is 14.3 Å². The van der Waals surface area contributed by atoms with Crippen LogP contribution < -0.4 is 0 Å². The number of halogens is 1. The average Bonchev–Trinajstić information content (AvgIpc) is 2.49. The quantitative estimate of drug-likeness (QED) is 0.856. The SMILES string of the molecule is O=C(O)CSC(C(=O)N1CCOCC1)c1ccc(Br)cc1. The zero-order valence-electron chi connectivity index (χ0n) is 11.3. The van der Waals surface area contributed by atoms with Crippen molar-refractivity contribution in [2.24, 2.45) is 0 Å². The van der Waals surface area contributed by atoms with E-state index in [2.05, 4.69) is 15.9 Å². The molecule has 0 bridgehead atoms. The van der Waals surface area contributed by atoms with E-state index in [4.69, 9.17) is 9.84 Å². The van der Waals surface area contributed by atoms with E-state index < -0.39 is 11.2 Å². The van der Waals surface area contributed by atoms with Crippen LogP contribution in [0.2, 0.25) is 0 Å². The van der Waals surface area contributed by atoms with Gasteiger partial charge in [0.2, 0.25) is 5.91 Å². The number of rotatable bonds is 5. The molecular weight excluding hydrogens is 358 g/mol. The van der Waals surface area contributed by atoms with Crippen LogP contribution in [0.1, 0.15) is 10.8 Å². The topological polar surface area (TPSA) is 66.8 Å². The van der Waals surface area contributed by atoms with E-state index in [1.807, 2.05) is 24.3 Å². The third kappa shape index (κ3) is 4.72. The number of thioether (sulfide) groups is 1. The summed E-state index contributed by atoms with van der Waals surface area (Å²) in [5.41, 5.74) is 0.820. The molecule has 0 aromatic heterocycles. The van der Waals surface area contributed by atoms with Crippen molar-refractivity contribution in [2.45, 2.75) is 5.25 Å². The van der Waals surface area contributed by atoms with Crippen LogP contribution in [-0.4, -0.2) is 53.9 Å². The highest BCUT2D eigenvalue weighted by Crippen LogP contribution is 2.32. The van der Waals surface area contributed by atoms with Gasteiger partial charge in [-0.3, -0.25) is 9.59 Å². The van der Waals surface area contributed by atoms with Gasteiger partial charge in [0.1, 0.15) is 5.25 Å². The van der Waals surface area contributed by atoms with Gasteiger partial charge in [0.05, 0.1) is 19.0 Å². The Balaban J connectivity index is 2.15. The van der Waals surface area contributed by atoms with Gasteiger partial charge < -0.3 is 14.7 Å². The highest BCUT2D eigenvalue weighted by Gasteiger charge is 2.28. The molecule has 1 aliphatic heterocycles. The van der Waals surface area contributed by atoms with Crippen molar-refractivity contribution in [1.82, 2.24) is 4.90 Å². The summed E-state index contributed by atoms with van der Waals surface area (Å²) in [5.74, 6) is -1.07. The van der Waals surface area contributed by atoms with Crippen molar-refractivity contribution < 1.29 is 19.4 Å². The Bertz CT molecular complexity index is 502. The zero-order valence-corrected chi connectivity index (χ0v) is 13.7. The van der Waals surface area contributed by atoms with Gasteiger partial charge in [0.25, 0.3) is 0 Å². The number of benzene rings is 1. The molecule has 0 spiro atoms. The first-order valence-corrected chi connectivity index (χ1v) is 8.37. The molecule has 1 heterocycles. The highest BCUT2D eigenvalue weighted by molar-refractivity contribution is 9.10. The Hall–Kier alpha value is -1.05. The van der Waals surface area contributed by atoms with E-state index >= 15 is 0 Å². The van der Waals surface area contributed by atoms with E-state index in [0.717, 1.165) is 21.8 Å². The fraction of sp³-hybridized carbons (Fsp3) is 0.429. The third-order valence-electron chi connectivity index (χ3n) is 3.09. The number of ether oxygens (including phenoxy) is 1. The molecule has 0 aliphatic carbocycles. The van der Waals surface area contributed by atoms with Gasteiger partial charge in [-0.25, -0.2) is 0 Å². The number of amides is 1. The summed E-state index contributed by atoms with van der Waals surface area (Å²) in [7, 11) is 0. The summed E-state index contributed by atoms with van der Waals surface area (Å²) in [4.78, 5) is 25.2. The smallest absolute Gasteiger partial charge is 0.313 e. The number of hydrogen-bond acceptors (Lipinski definition) is 4. The Morgan fingerprint density at radius 3 is 2.48 bits per heavy atom. The summed E-state index contributed by atoms with van der Waals surface area (Å²) in [6.45, 7) is 2.17. The number of aliphatic carboxylic acids is 1. The second-order valence-electron chi connectivity index (χ2n) is 4.57. The number of hydrogen-bond donors (Lipinski definition) is 1. The van der Waals surface area contributed by atoms with Gasteiger partial charge in [-0.05, 0) is 17.7 Å². The minimum atomic E-state index is -0.920. The van der Waals surface area contributed by atoms with E-state index in [9.17, 15) is 9.59 Å². The fourth-order valence-corrected chi connectivity index (χ4v) is 3.27. The van der Waals surface area contributed by atoms with Crippen LogP contribution in [0.3, 0.4) is 0 Å². The first kappa shape index (κ1) is 16.3. The van der Waals surface area contributed by atoms with Gasteiger partial charge in [0, 0.05) is 17.6 Å². The van der Waals surface area contributed by atoms with Gasteiger partial charge in [-0.2, -0.15) is 0 Å².